The maximum Gasteiger partial charge on any atom is 0.407 e. The molecule has 0 unspecified atom stereocenters. The Morgan fingerprint density at radius 2 is 2.08 bits per heavy atom. The molecule has 0 aromatic heterocycles. The van der Waals surface area contributed by atoms with Crippen molar-refractivity contribution in [2.75, 3.05) is 12.3 Å². The van der Waals surface area contributed by atoms with Crippen LogP contribution in [0.4, 0.5) is 4.79 Å². The van der Waals surface area contributed by atoms with Crippen LogP contribution in [0.25, 0.3) is 0 Å². The second-order valence-electron chi connectivity index (χ2n) is 3.51. The summed E-state index contributed by atoms with van der Waals surface area (Å²) in [7, 11) is 0. The Hall–Kier alpha value is -0.380. The van der Waals surface area contributed by atoms with E-state index in [1.807, 2.05) is 20.8 Å². The summed E-state index contributed by atoms with van der Waals surface area (Å²) in [5, 5.41) is 2.63. The lowest BCUT2D eigenvalue weighted by atomic mass is 10.2. The molecule has 1 N–H and O–H groups in total. The number of hydrogen-bond donors (Lipinski definition) is 2. The molecule has 0 bridgehead atoms. The van der Waals surface area contributed by atoms with Gasteiger partial charge in [-0.05, 0) is 32.9 Å². The summed E-state index contributed by atoms with van der Waals surface area (Å²) >= 11 is 4.02. The first kappa shape index (κ1) is 11.6. The van der Waals surface area contributed by atoms with Crippen molar-refractivity contribution in [3.63, 3.8) is 0 Å². The summed E-state index contributed by atoms with van der Waals surface area (Å²) in [4.78, 5) is 11.0. The third-order valence-electron chi connectivity index (χ3n) is 1.00. The van der Waals surface area contributed by atoms with Gasteiger partial charge in [0, 0.05) is 6.54 Å². The molecule has 0 aliphatic rings. The lowest BCUT2D eigenvalue weighted by molar-refractivity contribution is 0.0528. The molecular weight excluding hydrogens is 174 g/mol. The molecule has 0 spiro atoms. The highest BCUT2D eigenvalue weighted by molar-refractivity contribution is 7.80. The van der Waals surface area contributed by atoms with E-state index in [4.69, 9.17) is 4.74 Å². The lowest BCUT2D eigenvalue weighted by Crippen LogP contribution is -2.33. The smallest absolute Gasteiger partial charge is 0.407 e. The molecule has 0 heterocycles. The first-order chi connectivity index (χ1) is 5.45. The van der Waals surface area contributed by atoms with Crippen molar-refractivity contribution in [2.45, 2.75) is 32.8 Å². The van der Waals surface area contributed by atoms with Crippen LogP contribution in [0.15, 0.2) is 0 Å². The SMILES string of the molecule is CC(C)(C)OC(=O)NCCCS. The number of ether oxygens (including phenoxy) is 1. The number of thiol groups is 1. The van der Waals surface area contributed by atoms with Gasteiger partial charge in [-0.1, -0.05) is 0 Å². The van der Waals surface area contributed by atoms with E-state index in [-0.39, 0.29) is 6.09 Å². The summed E-state index contributed by atoms with van der Waals surface area (Å²) in [5.41, 5.74) is -0.412. The van der Waals surface area contributed by atoms with Gasteiger partial charge in [0.15, 0.2) is 0 Å². The predicted molar refractivity (Wildman–Crippen MR) is 52.7 cm³/mol. The van der Waals surface area contributed by atoms with Crippen molar-refractivity contribution in [2.24, 2.45) is 0 Å². The van der Waals surface area contributed by atoms with Crippen LogP contribution in [0.2, 0.25) is 0 Å². The fourth-order valence-corrected chi connectivity index (χ4v) is 0.742. The van der Waals surface area contributed by atoms with Crippen molar-refractivity contribution >= 4 is 18.7 Å². The van der Waals surface area contributed by atoms with Crippen LogP contribution in [0, 0.1) is 0 Å². The third-order valence-corrected chi connectivity index (χ3v) is 1.32. The van der Waals surface area contributed by atoms with Crippen molar-refractivity contribution in [1.29, 1.82) is 0 Å². The van der Waals surface area contributed by atoms with E-state index in [0.29, 0.717) is 6.54 Å². The summed E-state index contributed by atoms with van der Waals surface area (Å²) in [5.74, 6) is 0.774. The molecule has 12 heavy (non-hydrogen) atoms. The summed E-state index contributed by atoms with van der Waals surface area (Å²) in [6.07, 6.45) is 0.506. The largest absolute Gasteiger partial charge is 0.444 e. The molecule has 0 saturated carbocycles. The fourth-order valence-electron chi connectivity index (χ4n) is 0.584. The first-order valence-electron chi connectivity index (χ1n) is 4.03. The highest BCUT2D eigenvalue weighted by atomic mass is 32.1. The Kier molecular flexibility index (Phi) is 5.13. The van der Waals surface area contributed by atoms with E-state index >= 15 is 0 Å². The molecule has 0 radical (unpaired) electrons. The van der Waals surface area contributed by atoms with Crippen molar-refractivity contribution in [3.8, 4) is 0 Å². The fraction of sp³-hybridized carbons (Fsp3) is 0.875. The molecule has 0 aromatic rings. The Labute approximate surface area is 79.3 Å². The van der Waals surface area contributed by atoms with E-state index < -0.39 is 5.60 Å². The molecule has 0 fully saturated rings. The van der Waals surface area contributed by atoms with E-state index in [1.165, 1.54) is 0 Å². The van der Waals surface area contributed by atoms with Crippen molar-refractivity contribution in [1.82, 2.24) is 5.32 Å². The van der Waals surface area contributed by atoms with Gasteiger partial charge in [-0.3, -0.25) is 0 Å². The minimum atomic E-state index is -0.412. The van der Waals surface area contributed by atoms with Gasteiger partial charge in [-0.25, -0.2) is 4.79 Å². The molecular formula is C8H17NO2S. The monoisotopic (exact) mass is 191 g/mol. The second-order valence-corrected chi connectivity index (χ2v) is 3.95. The molecule has 0 atom stereocenters. The topological polar surface area (TPSA) is 38.3 Å². The number of alkyl carbamates (subject to hydrolysis) is 1. The highest BCUT2D eigenvalue weighted by Crippen LogP contribution is 2.06. The number of amides is 1. The first-order valence-corrected chi connectivity index (χ1v) is 4.66. The average molecular weight is 191 g/mol. The third kappa shape index (κ3) is 7.72. The number of carbonyl (C=O) groups is 1. The molecule has 3 nitrogen and oxygen atoms in total. The van der Waals surface area contributed by atoms with Gasteiger partial charge in [-0.2, -0.15) is 12.6 Å². The predicted octanol–water partition coefficient (Wildman–Crippen LogP) is 1.83. The molecule has 0 saturated heterocycles. The van der Waals surface area contributed by atoms with Gasteiger partial charge in [-0.15, -0.1) is 0 Å². The van der Waals surface area contributed by atoms with Crippen LogP contribution in [-0.4, -0.2) is 24.0 Å². The zero-order chi connectivity index (χ0) is 9.61. The number of carbonyl (C=O) groups excluding carboxylic acids is 1. The van der Waals surface area contributed by atoms with Gasteiger partial charge in [0.05, 0.1) is 0 Å². The second kappa shape index (κ2) is 5.30. The summed E-state index contributed by atoms with van der Waals surface area (Å²) in [6.45, 7) is 6.14. The van der Waals surface area contributed by atoms with Gasteiger partial charge >= 0.3 is 6.09 Å². The van der Waals surface area contributed by atoms with Crippen LogP contribution in [0.3, 0.4) is 0 Å². The minimum absolute atomic E-state index is 0.357. The van der Waals surface area contributed by atoms with E-state index in [1.54, 1.807) is 0 Å². The van der Waals surface area contributed by atoms with Gasteiger partial charge in [0.25, 0.3) is 0 Å². The summed E-state index contributed by atoms with van der Waals surface area (Å²) in [6, 6.07) is 0. The van der Waals surface area contributed by atoms with Crippen molar-refractivity contribution in [3.05, 3.63) is 0 Å². The van der Waals surface area contributed by atoms with Crippen LogP contribution in [0.1, 0.15) is 27.2 Å². The Morgan fingerprint density at radius 3 is 2.50 bits per heavy atom. The Morgan fingerprint density at radius 1 is 1.50 bits per heavy atom. The molecule has 72 valence electrons. The quantitative estimate of drug-likeness (QED) is 0.527. The van der Waals surface area contributed by atoms with Crippen LogP contribution in [-0.2, 0) is 4.74 Å². The number of hydrogen-bond acceptors (Lipinski definition) is 3. The molecule has 0 aromatic carbocycles. The standard InChI is InChI=1S/C8H17NO2S/c1-8(2,3)11-7(10)9-5-4-6-12/h12H,4-6H2,1-3H3,(H,9,10). The Balaban J connectivity index is 3.47. The Bertz CT molecular complexity index is 142. The lowest BCUT2D eigenvalue weighted by Gasteiger charge is -2.19. The maximum absolute atomic E-state index is 11.0. The summed E-state index contributed by atoms with van der Waals surface area (Å²) < 4.78 is 5.01. The van der Waals surface area contributed by atoms with Gasteiger partial charge < -0.3 is 10.1 Å². The van der Waals surface area contributed by atoms with Gasteiger partial charge in [0.1, 0.15) is 5.60 Å². The van der Waals surface area contributed by atoms with Crippen LogP contribution >= 0.6 is 12.6 Å². The van der Waals surface area contributed by atoms with Crippen molar-refractivity contribution < 1.29 is 9.53 Å². The van der Waals surface area contributed by atoms with Crippen LogP contribution < -0.4 is 5.32 Å². The zero-order valence-corrected chi connectivity index (χ0v) is 8.78. The highest BCUT2D eigenvalue weighted by Gasteiger charge is 2.14. The van der Waals surface area contributed by atoms with E-state index in [0.717, 1.165) is 12.2 Å². The number of rotatable bonds is 3. The molecule has 4 heteroatoms. The molecule has 0 aliphatic heterocycles. The van der Waals surface area contributed by atoms with Crippen LogP contribution in [0.5, 0.6) is 0 Å². The van der Waals surface area contributed by atoms with E-state index in [2.05, 4.69) is 17.9 Å². The average Bonchev–Trinajstić information content (AvgIpc) is 1.84. The molecule has 1 amide bonds. The number of nitrogens with one attached hydrogen (secondary N) is 1. The van der Waals surface area contributed by atoms with Gasteiger partial charge in [0.2, 0.25) is 0 Å². The normalized spacial score (nSPS) is 11.0. The van der Waals surface area contributed by atoms with E-state index in [9.17, 15) is 4.79 Å². The molecule has 0 rings (SSSR count). The molecule has 0 aliphatic carbocycles. The maximum atomic E-state index is 11.0. The zero-order valence-electron chi connectivity index (χ0n) is 7.89. The minimum Gasteiger partial charge on any atom is -0.444 e.